The van der Waals surface area contributed by atoms with Gasteiger partial charge in [0.2, 0.25) is 0 Å². The molecule has 1 unspecified atom stereocenters. The highest BCUT2D eigenvalue weighted by Crippen LogP contribution is 2.13. The first-order valence-electron chi connectivity index (χ1n) is 5.11. The number of ketones is 1. The predicted octanol–water partition coefficient (Wildman–Crippen LogP) is 2.26. The minimum atomic E-state index is -0.551. The Balaban J connectivity index is 2.46. The molecule has 1 atom stereocenters. The van der Waals surface area contributed by atoms with E-state index in [1.807, 2.05) is 0 Å². The molecular weight excluding hydrogens is 228 g/mol. The third-order valence-corrected chi connectivity index (χ3v) is 2.36. The zero-order chi connectivity index (χ0) is 12.0. The normalized spacial score (nSPS) is 12.2. The number of ether oxygens (including phenoxy) is 1. The zero-order valence-corrected chi connectivity index (χ0v) is 9.91. The molecule has 0 spiro atoms. The summed E-state index contributed by atoms with van der Waals surface area (Å²) in [6.45, 7) is 1.73. The molecule has 1 N–H and O–H groups in total. The van der Waals surface area contributed by atoms with Gasteiger partial charge < -0.3 is 9.84 Å². The fraction of sp³-hybridized carbons (Fsp3) is 0.417. The van der Waals surface area contributed by atoms with E-state index in [0.717, 1.165) is 0 Å². The second kappa shape index (κ2) is 6.51. The molecular formula is C12H15ClO3. The number of halogens is 1. The Kier molecular flexibility index (Phi) is 5.29. The molecule has 4 heteroatoms. The van der Waals surface area contributed by atoms with Crippen molar-refractivity contribution in [1.82, 2.24) is 0 Å². The Morgan fingerprint density at radius 2 is 2.06 bits per heavy atom. The van der Waals surface area contributed by atoms with Gasteiger partial charge in [-0.1, -0.05) is 0 Å². The first kappa shape index (κ1) is 13.0. The van der Waals surface area contributed by atoms with Gasteiger partial charge in [-0.25, -0.2) is 0 Å². The van der Waals surface area contributed by atoms with Gasteiger partial charge in [0.05, 0.1) is 6.10 Å². The summed E-state index contributed by atoms with van der Waals surface area (Å²) in [4.78, 5) is 11.0. The smallest absolute Gasteiger partial charge is 0.159 e. The first-order valence-corrected chi connectivity index (χ1v) is 5.64. The summed E-state index contributed by atoms with van der Waals surface area (Å²) in [5, 5.41) is 9.39. The summed E-state index contributed by atoms with van der Waals surface area (Å²) in [5.41, 5.74) is 0.647. The van der Waals surface area contributed by atoms with Crippen molar-refractivity contribution in [3.63, 3.8) is 0 Å². The summed E-state index contributed by atoms with van der Waals surface area (Å²) in [6, 6.07) is 6.82. The van der Waals surface area contributed by atoms with Crippen LogP contribution in [0.4, 0.5) is 0 Å². The van der Waals surface area contributed by atoms with Crippen LogP contribution in [-0.4, -0.2) is 29.5 Å². The molecule has 88 valence electrons. The second-order valence-corrected chi connectivity index (χ2v) is 3.90. The summed E-state index contributed by atoms with van der Waals surface area (Å²) in [6.07, 6.45) is -0.0439. The molecule has 0 aliphatic rings. The topological polar surface area (TPSA) is 46.5 Å². The van der Waals surface area contributed by atoms with E-state index in [9.17, 15) is 9.90 Å². The maximum atomic E-state index is 11.0. The Bertz CT molecular complexity index is 335. The van der Waals surface area contributed by atoms with Gasteiger partial charge in [0.15, 0.2) is 5.78 Å². The lowest BCUT2D eigenvalue weighted by Crippen LogP contribution is -2.17. The molecule has 0 amide bonds. The van der Waals surface area contributed by atoms with Gasteiger partial charge in [-0.15, -0.1) is 11.6 Å². The van der Waals surface area contributed by atoms with Crippen LogP contribution in [0.3, 0.4) is 0 Å². The van der Waals surface area contributed by atoms with E-state index in [2.05, 4.69) is 0 Å². The van der Waals surface area contributed by atoms with Gasteiger partial charge in [-0.05, 0) is 37.6 Å². The standard InChI is InChI=1S/C12H15ClO3/c1-9(14)10-2-4-12(5-3-10)16-8-11(15)6-7-13/h2-5,11,15H,6-8H2,1H3. The minimum Gasteiger partial charge on any atom is -0.491 e. The molecule has 0 saturated heterocycles. The van der Waals surface area contributed by atoms with E-state index in [0.29, 0.717) is 23.6 Å². The number of alkyl halides is 1. The van der Waals surface area contributed by atoms with Gasteiger partial charge in [0.1, 0.15) is 12.4 Å². The average Bonchev–Trinajstić information content (AvgIpc) is 2.27. The van der Waals surface area contributed by atoms with Gasteiger partial charge in [0, 0.05) is 11.4 Å². The van der Waals surface area contributed by atoms with Crippen LogP contribution in [0.5, 0.6) is 5.75 Å². The van der Waals surface area contributed by atoms with Crippen molar-refractivity contribution < 1.29 is 14.6 Å². The second-order valence-electron chi connectivity index (χ2n) is 3.52. The predicted molar refractivity (Wildman–Crippen MR) is 63.3 cm³/mol. The number of hydrogen-bond acceptors (Lipinski definition) is 3. The molecule has 0 aromatic heterocycles. The van der Waals surface area contributed by atoms with Crippen LogP contribution in [0.2, 0.25) is 0 Å². The van der Waals surface area contributed by atoms with Crippen LogP contribution in [-0.2, 0) is 0 Å². The molecule has 0 heterocycles. The molecule has 0 radical (unpaired) electrons. The van der Waals surface area contributed by atoms with Gasteiger partial charge in [0.25, 0.3) is 0 Å². The molecule has 1 aromatic carbocycles. The van der Waals surface area contributed by atoms with Gasteiger partial charge >= 0.3 is 0 Å². The minimum absolute atomic E-state index is 0.0220. The van der Waals surface area contributed by atoms with Crippen LogP contribution in [0.25, 0.3) is 0 Å². The number of rotatable bonds is 6. The monoisotopic (exact) mass is 242 g/mol. The Hall–Kier alpha value is -1.06. The number of carbonyl (C=O) groups is 1. The largest absolute Gasteiger partial charge is 0.491 e. The van der Waals surface area contributed by atoms with Crippen molar-refractivity contribution in [2.75, 3.05) is 12.5 Å². The Morgan fingerprint density at radius 3 is 2.56 bits per heavy atom. The molecule has 1 aromatic rings. The van der Waals surface area contributed by atoms with Crippen LogP contribution in [0.15, 0.2) is 24.3 Å². The Labute approximate surface area is 100.0 Å². The molecule has 3 nitrogen and oxygen atoms in total. The molecule has 0 aliphatic heterocycles. The van der Waals surface area contributed by atoms with Crippen LogP contribution in [0, 0.1) is 0 Å². The van der Waals surface area contributed by atoms with E-state index in [-0.39, 0.29) is 12.4 Å². The maximum absolute atomic E-state index is 11.0. The number of aliphatic hydroxyl groups excluding tert-OH is 1. The van der Waals surface area contributed by atoms with Gasteiger partial charge in [-0.3, -0.25) is 4.79 Å². The number of Topliss-reactive ketones (excluding diaryl/α,β-unsaturated/α-hetero) is 1. The molecule has 0 aliphatic carbocycles. The highest BCUT2D eigenvalue weighted by Gasteiger charge is 2.04. The SMILES string of the molecule is CC(=O)c1ccc(OCC(O)CCCl)cc1. The number of carbonyl (C=O) groups excluding carboxylic acids is 1. The van der Waals surface area contributed by atoms with Crippen LogP contribution < -0.4 is 4.74 Å². The van der Waals surface area contributed by atoms with E-state index >= 15 is 0 Å². The quantitative estimate of drug-likeness (QED) is 0.615. The molecule has 0 saturated carbocycles. The third-order valence-electron chi connectivity index (χ3n) is 2.15. The zero-order valence-electron chi connectivity index (χ0n) is 9.15. The van der Waals surface area contributed by atoms with Crippen molar-refractivity contribution >= 4 is 17.4 Å². The fourth-order valence-electron chi connectivity index (χ4n) is 1.19. The van der Waals surface area contributed by atoms with E-state index in [1.165, 1.54) is 6.92 Å². The summed E-state index contributed by atoms with van der Waals surface area (Å²) in [5.74, 6) is 1.07. The van der Waals surface area contributed by atoms with Crippen molar-refractivity contribution in [1.29, 1.82) is 0 Å². The number of hydrogen-bond donors (Lipinski definition) is 1. The summed E-state index contributed by atoms with van der Waals surface area (Å²) < 4.78 is 5.34. The van der Waals surface area contributed by atoms with E-state index in [1.54, 1.807) is 24.3 Å². The average molecular weight is 243 g/mol. The molecule has 0 fully saturated rings. The Morgan fingerprint density at radius 1 is 1.44 bits per heavy atom. The molecule has 0 bridgehead atoms. The first-order chi connectivity index (χ1) is 7.63. The summed E-state index contributed by atoms with van der Waals surface area (Å²) >= 11 is 5.48. The van der Waals surface area contributed by atoms with Crippen LogP contribution in [0.1, 0.15) is 23.7 Å². The van der Waals surface area contributed by atoms with Crippen molar-refractivity contribution in [3.05, 3.63) is 29.8 Å². The molecule has 1 rings (SSSR count). The van der Waals surface area contributed by atoms with Crippen molar-refractivity contribution in [3.8, 4) is 5.75 Å². The lowest BCUT2D eigenvalue weighted by atomic mass is 10.1. The van der Waals surface area contributed by atoms with Gasteiger partial charge in [-0.2, -0.15) is 0 Å². The van der Waals surface area contributed by atoms with Crippen LogP contribution >= 0.6 is 11.6 Å². The lowest BCUT2D eigenvalue weighted by Gasteiger charge is -2.10. The number of aliphatic hydroxyl groups is 1. The molecule has 16 heavy (non-hydrogen) atoms. The van der Waals surface area contributed by atoms with E-state index in [4.69, 9.17) is 16.3 Å². The fourth-order valence-corrected chi connectivity index (χ4v) is 1.44. The third kappa shape index (κ3) is 4.21. The number of benzene rings is 1. The lowest BCUT2D eigenvalue weighted by molar-refractivity contribution is 0.101. The highest BCUT2D eigenvalue weighted by molar-refractivity contribution is 6.17. The maximum Gasteiger partial charge on any atom is 0.159 e. The van der Waals surface area contributed by atoms with Crippen molar-refractivity contribution in [2.45, 2.75) is 19.4 Å². The van der Waals surface area contributed by atoms with Crippen molar-refractivity contribution in [2.24, 2.45) is 0 Å². The van der Waals surface area contributed by atoms with E-state index < -0.39 is 6.10 Å². The highest BCUT2D eigenvalue weighted by atomic mass is 35.5. The summed E-state index contributed by atoms with van der Waals surface area (Å²) in [7, 11) is 0.